The molecule has 0 bridgehead atoms. The normalized spacial score (nSPS) is 11.9. The number of para-hydroxylation sites is 2. The molecule has 4 aromatic heterocycles. The molecule has 0 saturated heterocycles. The molecule has 4 heterocycles. The summed E-state index contributed by atoms with van der Waals surface area (Å²) in [6.45, 7) is 0. The van der Waals surface area contributed by atoms with Gasteiger partial charge in [0.2, 0.25) is 5.95 Å². The van der Waals surface area contributed by atoms with Crippen LogP contribution >= 0.6 is 11.3 Å². The van der Waals surface area contributed by atoms with E-state index >= 15 is 0 Å². The van der Waals surface area contributed by atoms with Gasteiger partial charge in [-0.25, -0.2) is 9.97 Å². The molecule has 0 aliphatic carbocycles. The van der Waals surface area contributed by atoms with Gasteiger partial charge < -0.3 is 4.57 Å². The Kier molecular flexibility index (Phi) is 7.06. The van der Waals surface area contributed by atoms with Crippen molar-refractivity contribution >= 4 is 75.9 Å². The Bertz CT molecular complexity index is 3510. The summed E-state index contributed by atoms with van der Waals surface area (Å²) in [5.41, 5.74) is 12.2. The molecule has 12 aromatic rings. The Morgan fingerprint density at radius 1 is 0.368 bits per heavy atom. The Hall–Kier alpha value is -7.34. The van der Waals surface area contributed by atoms with Crippen LogP contribution in [0.4, 0.5) is 0 Å². The van der Waals surface area contributed by atoms with E-state index in [4.69, 9.17) is 9.97 Å². The van der Waals surface area contributed by atoms with Crippen molar-refractivity contribution in [3.05, 3.63) is 194 Å². The second kappa shape index (κ2) is 12.6. The smallest absolute Gasteiger partial charge is 0.235 e. The lowest BCUT2D eigenvalue weighted by Crippen LogP contribution is -2.02. The fourth-order valence-electron chi connectivity index (χ4n) is 8.66. The summed E-state index contributed by atoms with van der Waals surface area (Å²) >= 11 is 1.75. The summed E-state index contributed by atoms with van der Waals surface area (Å²) < 4.78 is 5.74. The van der Waals surface area contributed by atoms with Crippen LogP contribution in [0.2, 0.25) is 0 Å². The van der Waals surface area contributed by atoms with Crippen LogP contribution in [0.15, 0.2) is 194 Å². The molecule has 0 N–H and O–H groups in total. The van der Waals surface area contributed by atoms with Crippen LogP contribution in [-0.4, -0.2) is 19.1 Å². The molecular weight excluding hydrogens is 713 g/mol. The van der Waals surface area contributed by atoms with Gasteiger partial charge >= 0.3 is 0 Å². The highest BCUT2D eigenvalue weighted by Gasteiger charge is 2.21. The van der Waals surface area contributed by atoms with E-state index in [-0.39, 0.29) is 0 Å². The molecule has 0 saturated carbocycles. The van der Waals surface area contributed by atoms with E-state index in [0.29, 0.717) is 5.95 Å². The molecule has 0 atom stereocenters. The second-order valence-electron chi connectivity index (χ2n) is 14.6. The SMILES string of the molecule is c1ccc(-c2cc3nc(-n4c5ccc(-c6ccc7c8ccccc8n(-c8ccccc8)c7c6)cc5c5cc6ccccc6cc54)nc(-c4ccccc4)c3s2)cc1. The number of rotatable bonds is 5. The zero-order valence-electron chi connectivity index (χ0n) is 30.7. The maximum atomic E-state index is 5.43. The first kappa shape index (κ1) is 32.0. The van der Waals surface area contributed by atoms with E-state index in [2.05, 4.69) is 203 Å². The minimum absolute atomic E-state index is 0.663. The van der Waals surface area contributed by atoms with Crippen molar-refractivity contribution in [1.29, 1.82) is 0 Å². The fourth-order valence-corrected chi connectivity index (χ4v) is 9.77. The van der Waals surface area contributed by atoms with Crippen molar-refractivity contribution < 1.29 is 0 Å². The lowest BCUT2D eigenvalue weighted by atomic mass is 10.0. The molecule has 0 spiro atoms. The maximum absolute atomic E-state index is 5.43. The molecular formula is C52H32N4S. The summed E-state index contributed by atoms with van der Waals surface area (Å²) in [5.74, 6) is 0.663. The summed E-state index contributed by atoms with van der Waals surface area (Å²) in [5, 5.41) is 7.21. The topological polar surface area (TPSA) is 35.6 Å². The third-order valence-electron chi connectivity index (χ3n) is 11.3. The van der Waals surface area contributed by atoms with Crippen LogP contribution in [0.5, 0.6) is 0 Å². The van der Waals surface area contributed by atoms with Gasteiger partial charge in [0.25, 0.3) is 0 Å². The van der Waals surface area contributed by atoms with Crippen LogP contribution in [0.25, 0.3) is 109 Å². The second-order valence-corrected chi connectivity index (χ2v) is 15.7. The van der Waals surface area contributed by atoms with E-state index < -0.39 is 0 Å². The molecule has 12 rings (SSSR count). The van der Waals surface area contributed by atoms with E-state index in [9.17, 15) is 0 Å². The number of thiophene rings is 1. The standard InChI is InChI=1S/C52H32N4S/c1-4-14-33(15-5-1)49-32-44-51(57-49)50(34-16-6-2-7-17-34)54-52(53-44)56-46-27-25-37(29-42(46)43-28-35-18-10-11-19-36(35)30-48(43)56)38-24-26-41-40-22-12-13-23-45(40)55(47(41)31-38)39-20-8-3-9-21-39/h1-32H. The largest absolute Gasteiger partial charge is 0.309 e. The summed E-state index contributed by atoms with van der Waals surface area (Å²) in [6.07, 6.45) is 0. The van der Waals surface area contributed by atoms with E-state index in [0.717, 1.165) is 49.1 Å². The molecule has 0 aliphatic heterocycles. The fraction of sp³-hybridized carbons (Fsp3) is 0. The number of benzene rings is 8. The van der Waals surface area contributed by atoms with Crippen LogP contribution in [0, 0.1) is 0 Å². The van der Waals surface area contributed by atoms with Crippen molar-refractivity contribution in [1.82, 2.24) is 19.1 Å². The minimum Gasteiger partial charge on any atom is -0.309 e. The first-order valence-corrected chi connectivity index (χ1v) is 20.1. The number of aromatic nitrogens is 4. The first-order valence-electron chi connectivity index (χ1n) is 19.2. The van der Waals surface area contributed by atoms with E-state index in [1.165, 1.54) is 54.0 Å². The molecule has 0 unspecified atom stereocenters. The molecule has 0 fully saturated rings. The average Bonchev–Trinajstić information content (AvgIpc) is 3.96. The Balaban J connectivity index is 1.11. The molecule has 4 nitrogen and oxygen atoms in total. The molecule has 0 radical (unpaired) electrons. The van der Waals surface area contributed by atoms with Gasteiger partial charge in [0.1, 0.15) is 0 Å². The van der Waals surface area contributed by atoms with Gasteiger partial charge in [0.15, 0.2) is 0 Å². The number of hydrogen-bond donors (Lipinski definition) is 0. The van der Waals surface area contributed by atoms with Gasteiger partial charge in [-0.15, -0.1) is 11.3 Å². The molecule has 266 valence electrons. The zero-order chi connectivity index (χ0) is 37.5. The van der Waals surface area contributed by atoms with Crippen molar-refractivity contribution in [3.63, 3.8) is 0 Å². The maximum Gasteiger partial charge on any atom is 0.235 e. The summed E-state index contributed by atoms with van der Waals surface area (Å²) in [4.78, 5) is 12.0. The average molecular weight is 745 g/mol. The Morgan fingerprint density at radius 3 is 1.77 bits per heavy atom. The van der Waals surface area contributed by atoms with E-state index in [1.807, 2.05) is 0 Å². The quantitative estimate of drug-likeness (QED) is 0.176. The van der Waals surface area contributed by atoms with Gasteiger partial charge in [-0.1, -0.05) is 140 Å². The van der Waals surface area contributed by atoms with Gasteiger partial charge in [0.05, 0.1) is 38.0 Å². The highest BCUT2D eigenvalue weighted by atomic mass is 32.1. The van der Waals surface area contributed by atoms with Crippen molar-refractivity contribution in [2.45, 2.75) is 0 Å². The molecule has 5 heteroatoms. The molecule has 0 aliphatic rings. The van der Waals surface area contributed by atoms with Gasteiger partial charge in [-0.3, -0.25) is 4.57 Å². The van der Waals surface area contributed by atoms with Gasteiger partial charge in [-0.2, -0.15) is 0 Å². The van der Waals surface area contributed by atoms with Crippen molar-refractivity contribution in [2.24, 2.45) is 0 Å². The predicted molar refractivity (Wildman–Crippen MR) is 240 cm³/mol. The third kappa shape index (κ3) is 5.06. The van der Waals surface area contributed by atoms with Crippen LogP contribution in [0.1, 0.15) is 0 Å². The lowest BCUT2D eigenvalue weighted by Gasteiger charge is -2.11. The van der Waals surface area contributed by atoms with Gasteiger partial charge in [0, 0.05) is 37.7 Å². The molecule has 0 amide bonds. The van der Waals surface area contributed by atoms with Crippen molar-refractivity contribution in [3.8, 4) is 44.5 Å². The Morgan fingerprint density at radius 2 is 0.965 bits per heavy atom. The predicted octanol–water partition coefficient (Wildman–Crippen LogP) is 14.0. The van der Waals surface area contributed by atoms with Crippen LogP contribution < -0.4 is 0 Å². The zero-order valence-corrected chi connectivity index (χ0v) is 31.5. The highest BCUT2D eigenvalue weighted by Crippen LogP contribution is 2.42. The monoisotopic (exact) mass is 744 g/mol. The van der Waals surface area contributed by atoms with Crippen molar-refractivity contribution in [2.75, 3.05) is 0 Å². The number of fused-ring (bicyclic) bond motifs is 8. The van der Waals surface area contributed by atoms with Crippen LogP contribution in [0.3, 0.4) is 0 Å². The summed E-state index contributed by atoms with van der Waals surface area (Å²) in [6, 6.07) is 69.7. The summed E-state index contributed by atoms with van der Waals surface area (Å²) in [7, 11) is 0. The first-order chi connectivity index (χ1) is 28.2. The number of nitrogens with zero attached hydrogens (tertiary/aromatic N) is 4. The molecule has 8 aromatic carbocycles. The number of hydrogen-bond acceptors (Lipinski definition) is 3. The van der Waals surface area contributed by atoms with E-state index in [1.54, 1.807) is 11.3 Å². The minimum atomic E-state index is 0.663. The lowest BCUT2D eigenvalue weighted by molar-refractivity contribution is 1.02. The highest BCUT2D eigenvalue weighted by molar-refractivity contribution is 7.22. The van der Waals surface area contributed by atoms with Crippen LogP contribution in [-0.2, 0) is 0 Å². The molecule has 57 heavy (non-hydrogen) atoms. The Labute approximate surface area is 332 Å². The third-order valence-corrected chi connectivity index (χ3v) is 12.5. The van der Waals surface area contributed by atoms with Gasteiger partial charge in [-0.05, 0) is 82.1 Å².